The second-order valence-electron chi connectivity index (χ2n) is 4.59. The van der Waals surface area contributed by atoms with Gasteiger partial charge in [0.05, 0.1) is 12.2 Å². The van der Waals surface area contributed by atoms with Crippen LogP contribution in [0.1, 0.15) is 24.0 Å². The van der Waals surface area contributed by atoms with Crippen molar-refractivity contribution in [2.45, 2.75) is 25.0 Å². The van der Waals surface area contributed by atoms with Gasteiger partial charge < -0.3 is 10.1 Å². The summed E-state index contributed by atoms with van der Waals surface area (Å²) in [5.74, 6) is 0.444. The minimum absolute atomic E-state index is 0.0440. The number of hydrogen-bond acceptors (Lipinski definition) is 2. The molecule has 2 aliphatic rings. The van der Waals surface area contributed by atoms with Crippen LogP contribution in [0.15, 0.2) is 18.2 Å². The van der Waals surface area contributed by atoms with Crippen LogP contribution >= 0.6 is 11.6 Å². The van der Waals surface area contributed by atoms with Gasteiger partial charge in [-0.15, -0.1) is 0 Å². The van der Waals surface area contributed by atoms with Gasteiger partial charge in [-0.25, -0.2) is 0 Å². The normalized spacial score (nSPS) is 33.6. The number of nitrogens with one attached hydrogen (secondary N) is 1. The smallest absolute Gasteiger partial charge is 0.0863 e. The summed E-state index contributed by atoms with van der Waals surface area (Å²) in [6.45, 7) is 4.75. The second kappa shape index (κ2) is 3.21. The standard InChI is InChI=1S/C12H14ClNO/c1-12-7-14-5-10(12)8-3-2-4-11(13)9(8)6-15-12/h2-4,10,14H,5-7H2,1H3. The lowest BCUT2D eigenvalue weighted by Gasteiger charge is -2.37. The molecule has 0 spiro atoms. The van der Waals surface area contributed by atoms with Crippen LogP contribution in [0.3, 0.4) is 0 Å². The van der Waals surface area contributed by atoms with E-state index in [2.05, 4.69) is 18.3 Å². The third-order valence-corrected chi connectivity index (χ3v) is 3.99. The molecule has 2 aliphatic heterocycles. The molecular formula is C12H14ClNO. The third-order valence-electron chi connectivity index (χ3n) is 3.64. The van der Waals surface area contributed by atoms with Gasteiger partial charge in [-0.2, -0.15) is 0 Å². The number of halogens is 1. The average molecular weight is 224 g/mol. The molecule has 0 radical (unpaired) electrons. The first-order valence-electron chi connectivity index (χ1n) is 5.33. The third kappa shape index (κ3) is 1.32. The Bertz CT molecular complexity index is 407. The predicted octanol–water partition coefficient (Wildman–Crippen LogP) is 2.32. The SMILES string of the molecule is CC12CNCC1c1cccc(Cl)c1CO2. The van der Waals surface area contributed by atoms with Crippen molar-refractivity contribution in [3.05, 3.63) is 34.3 Å². The lowest BCUT2D eigenvalue weighted by atomic mass is 9.81. The highest BCUT2D eigenvalue weighted by atomic mass is 35.5. The zero-order valence-electron chi connectivity index (χ0n) is 8.72. The fourth-order valence-electron chi connectivity index (χ4n) is 2.69. The number of rotatable bonds is 0. The number of benzene rings is 1. The monoisotopic (exact) mass is 223 g/mol. The highest BCUT2D eigenvalue weighted by Crippen LogP contribution is 2.42. The molecule has 3 rings (SSSR count). The molecule has 15 heavy (non-hydrogen) atoms. The maximum atomic E-state index is 6.18. The molecule has 0 amide bonds. The molecule has 0 saturated carbocycles. The zero-order chi connectivity index (χ0) is 10.5. The quantitative estimate of drug-likeness (QED) is 0.729. The maximum Gasteiger partial charge on any atom is 0.0863 e. The zero-order valence-corrected chi connectivity index (χ0v) is 9.47. The van der Waals surface area contributed by atoms with Crippen LogP contribution in [0.5, 0.6) is 0 Å². The molecule has 1 fully saturated rings. The molecule has 1 aromatic rings. The van der Waals surface area contributed by atoms with Crippen molar-refractivity contribution >= 4 is 11.6 Å². The van der Waals surface area contributed by atoms with E-state index in [9.17, 15) is 0 Å². The van der Waals surface area contributed by atoms with Crippen molar-refractivity contribution in [3.8, 4) is 0 Å². The lowest BCUT2D eigenvalue weighted by molar-refractivity contribution is -0.0517. The van der Waals surface area contributed by atoms with E-state index in [-0.39, 0.29) is 5.60 Å². The summed E-state index contributed by atoms with van der Waals surface area (Å²) in [6.07, 6.45) is 0. The summed E-state index contributed by atoms with van der Waals surface area (Å²) in [6, 6.07) is 6.15. The van der Waals surface area contributed by atoms with Crippen LogP contribution in [0.2, 0.25) is 5.02 Å². The van der Waals surface area contributed by atoms with Gasteiger partial charge >= 0.3 is 0 Å². The van der Waals surface area contributed by atoms with E-state index >= 15 is 0 Å². The Morgan fingerprint density at radius 3 is 3.27 bits per heavy atom. The fourth-order valence-corrected chi connectivity index (χ4v) is 2.92. The number of hydrogen-bond donors (Lipinski definition) is 1. The first-order valence-corrected chi connectivity index (χ1v) is 5.70. The van der Waals surface area contributed by atoms with E-state index in [1.165, 1.54) is 11.1 Å². The van der Waals surface area contributed by atoms with Crippen LogP contribution in [0.25, 0.3) is 0 Å². The molecule has 1 N–H and O–H groups in total. The summed E-state index contributed by atoms with van der Waals surface area (Å²) in [5, 5.41) is 4.23. The Hall–Kier alpha value is -0.570. The van der Waals surface area contributed by atoms with E-state index in [4.69, 9.17) is 16.3 Å². The van der Waals surface area contributed by atoms with Crippen molar-refractivity contribution in [3.63, 3.8) is 0 Å². The Labute approximate surface area is 94.6 Å². The van der Waals surface area contributed by atoms with Crippen LogP contribution in [0, 0.1) is 0 Å². The molecule has 3 heteroatoms. The maximum absolute atomic E-state index is 6.18. The van der Waals surface area contributed by atoms with E-state index in [1.54, 1.807) is 0 Å². The number of fused-ring (bicyclic) bond motifs is 3. The first-order chi connectivity index (χ1) is 7.21. The molecule has 2 unspecified atom stereocenters. The van der Waals surface area contributed by atoms with Gasteiger partial charge in [0.15, 0.2) is 0 Å². The Balaban J connectivity index is 2.13. The van der Waals surface area contributed by atoms with Crippen molar-refractivity contribution in [2.75, 3.05) is 13.1 Å². The highest BCUT2D eigenvalue weighted by molar-refractivity contribution is 6.31. The first kappa shape index (κ1) is 9.64. The van der Waals surface area contributed by atoms with Crippen molar-refractivity contribution in [2.24, 2.45) is 0 Å². The van der Waals surface area contributed by atoms with Gasteiger partial charge in [-0.3, -0.25) is 0 Å². The predicted molar refractivity (Wildman–Crippen MR) is 60.3 cm³/mol. The molecule has 1 aromatic carbocycles. The van der Waals surface area contributed by atoms with Gasteiger partial charge in [-0.1, -0.05) is 23.7 Å². The van der Waals surface area contributed by atoms with E-state index < -0.39 is 0 Å². The van der Waals surface area contributed by atoms with Crippen LogP contribution < -0.4 is 5.32 Å². The summed E-state index contributed by atoms with van der Waals surface area (Å²) >= 11 is 6.18. The minimum Gasteiger partial charge on any atom is -0.369 e. The molecule has 1 saturated heterocycles. The van der Waals surface area contributed by atoms with E-state index in [0.717, 1.165) is 18.1 Å². The van der Waals surface area contributed by atoms with Crippen LogP contribution in [0.4, 0.5) is 0 Å². The van der Waals surface area contributed by atoms with Gasteiger partial charge in [0.25, 0.3) is 0 Å². The topological polar surface area (TPSA) is 21.3 Å². The van der Waals surface area contributed by atoms with E-state index in [1.807, 2.05) is 12.1 Å². The summed E-state index contributed by atoms with van der Waals surface area (Å²) in [7, 11) is 0. The Morgan fingerprint density at radius 1 is 1.53 bits per heavy atom. The molecule has 0 aliphatic carbocycles. The number of ether oxygens (including phenoxy) is 1. The molecule has 80 valence electrons. The molecule has 2 atom stereocenters. The summed E-state index contributed by atoms with van der Waals surface area (Å²) in [5.41, 5.74) is 2.49. The van der Waals surface area contributed by atoms with Crippen molar-refractivity contribution < 1.29 is 4.74 Å². The highest BCUT2D eigenvalue weighted by Gasteiger charge is 2.44. The van der Waals surface area contributed by atoms with Crippen LogP contribution in [-0.4, -0.2) is 18.7 Å². The van der Waals surface area contributed by atoms with Gasteiger partial charge in [0.1, 0.15) is 0 Å². The lowest BCUT2D eigenvalue weighted by Crippen LogP contribution is -2.39. The molecule has 2 heterocycles. The summed E-state index contributed by atoms with van der Waals surface area (Å²) in [4.78, 5) is 0. The van der Waals surface area contributed by atoms with Gasteiger partial charge in [0.2, 0.25) is 0 Å². The molecule has 0 bridgehead atoms. The van der Waals surface area contributed by atoms with Crippen molar-refractivity contribution in [1.29, 1.82) is 0 Å². The minimum atomic E-state index is -0.0440. The van der Waals surface area contributed by atoms with Crippen molar-refractivity contribution in [1.82, 2.24) is 5.32 Å². The average Bonchev–Trinajstić information content (AvgIpc) is 2.60. The summed E-state index contributed by atoms with van der Waals surface area (Å²) < 4.78 is 5.95. The molecule has 0 aromatic heterocycles. The second-order valence-corrected chi connectivity index (χ2v) is 5.00. The Kier molecular flexibility index (Phi) is 2.06. The fraction of sp³-hybridized carbons (Fsp3) is 0.500. The molecular weight excluding hydrogens is 210 g/mol. The van der Waals surface area contributed by atoms with Crippen LogP contribution in [-0.2, 0) is 11.3 Å². The molecule has 2 nitrogen and oxygen atoms in total. The van der Waals surface area contributed by atoms with E-state index in [0.29, 0.717) is 12.5 Å². The largest absolute Gasteiger partial charge is 0.369 e. The van der Waals surface area contributed by atoms with Gasteiger partial charge in [0, 0.05) is 24.0 Å². The van der Waals surface area contributed by atoms with Gasteiger partial charge in [-0.05, 0) is 24.1 Å². The Morgan fingerprint density at radius 2 is 2.40 bits per heavy atom.